The van der Waals surface area contributed by atoms with Gasteiger partial charge in [0.2, 0.25) is 0 Å². The molecule has 3 aromatic carbocycles. The molecule has 5 heteroatoms. The van der Waals surface area contributed by atoms with Crippen molar-refractivity contribution in [3.8, 4) is 16.9 Å². The molecule has 39 heavy (non-hydrogen) atoms. The molecule has 0 saturated carbocycles. The molecule has 2 heterocycles. The smallest absolute Gasteiger partial charge is 0.137 e. The number of aryl methyl sites for hydroxylation is 1. The first-order valence-corrected chi connectivity index (χ1v) is 13.8. The Hall–Kier alpha value is -3.80. The van der Waals surface area contributed by atoms with Gasteiger partial charge in [-0.1, -0.05) is 66.7 Å². The van der Waals surface area contributed by atoms with E-state index in [-0.39, 0.29) is 5.78 Å². The van der Waals surface area contributed by atoms with Crippen LogP contribution in [0.1, 0.15) is 28.7 Å². The minimum Gasteiger partial charge on any atom is -0.488 e. The van der Waals surface area contributed by atoms with Crippen LogP contribution >= 0.6 is 0 Å². The summed E-state index contributed by atoms with van der Waals surface area (Å²) in [5.74, 6) is 1.12. The van der Waals surface area contributed by atoms with Crippen LogP contribution in [0.5, 0.6) is 5.75 Å². The van der Waals surface area contributed by atoms with Crippen LogP contribution in [0.2, 0.25) is 0 Å². The number of hydrogen-bond donors (Lipinski definition) is 0. The largest absolute Gasteiger partial charge is 0.488 e. The van der Waals surface area contributed by atoms with Crippen LogP contribution < -0.4 is 4.74 Å². The fourth-order valence-corrected chi connectivity index (χ4v) is 4.99. The summed E-state index contributed by atoms with van der Waals surface area (Å²) in [7, 11) is 2.19. The molecular weight excluding hydrogens is 482 g/mol. The van der Waals surface area contributed by atoms with Crippen LogP contribution in [0.3, 0.4) is 0 Å². The first-order chi connectivity index (χ1) is 19.1. The Labute approximate surface area is 232 Å². The van der Waals surface area contributed by atoms with Gasteiger partial charge < -0.3 is 9.64 Å². The molecule has 0 aliphatic carbocycles. The number of para-hydroxylation sites is 1. The van der Waals surface area contributed by atoms with Crippen molar-refractivity contribution in [3.05, 3.63) is 120 Å². The van der Waals surface area contributed by atoms with E-state index in [2.05, 4.69) is 70.4 Å². The van der Waals surface area contributed by atoms with E-state index in [0.717, 1.165) is 67.1 Å². The Morgan fingerprint density at radius 2 is 1.59 bits per heavy atom. The second kappa shape index (κ2) is 13.3. The highest BCUT2D eigenvalue weighted by atomic mass is 16.5. The Morgan fingerprint density at radius 3 is 2.38 bits per heavy atom. The first-order valence-electron chi connectivity index (χ1n) is 13.8. The number of piperazine rings is 1. The molecular formula is C34H37N3O2. The van der Waals surface area contributed by atoms with Gasteiger partial charge in [0.15, 0.2) is 0 Å². The summed E-state index contributed by atoms with van der Waals surface area (Å²) in [6.07, 6.45) is 5.30. The summed E-state index contributed by atoms with van der Waals surface area (Å²) in [4.78, 5) is 21.5. The number of carbonyl (C=O) groups excluding carboxylic acids is 1. The molecule has 1 fully saturated rings. The van der Waals surface area contributed by atoms with Crippen molar-refractivity contribution in [2.24, 2.45) is 0 Å². The number of nitrogens with zero attached hydrogens (tertiary/aromatic N) is 3. The maximum absolute atomic E-state index is 12.5. The average molecular weight is 520 g/mol. The molecule has 4 aromatic rings. The van der Waals surface area contributed by atoms with E-state index in [4.69, 9.17) is 4.74 Å². The molecule has 0 N–H and O–H groups in total. The summed E-state index contributed by atoms with van der Waals surface area (Å²) in [6, 6.07) is 29.2. The predicted molar refractivity (Wildman–Crippen MR) is 157 cm³/mol. The molecule has 0 radical (unpaired) electrons. The molecule has 5 nitrogen and oxygen atoms in total. The van der Waals surface area contributed by atoms with Crippen molar-refractivity contribution >= 4 is 5.78 Å². The van der Waals surface area contributed by atoms with Gasteiger partial charge in [-0.2, -0.15) is 0 Å². The van der Waals surface area contributed by atoms with Gasteiger partial charge in [0.25, 0.3) is 0 Å². The zero-order valence-electron chi connectivity index (χ0n) is 22.8. The van der Waals surface area contributed by atoms with Crippen LogP contribution in [-0.4, -0.2) is 53.8 Å². The van der Waals surface area contributed by atoms with E-state index >= 15 is 0 Å². The van der Waals surface area contributed by atoms with Crippen molar-refractivity contribution in [1.82, 2.24) is 14.8 Å². The SMILES string of the molecule is CN1CCN(Cc2cccc(-c3ccccc3OCc3ccc(CC(=O)CCc4cccnc4)cc3)c2)CC1. The molecule has 1 aliphatic rings. The van der Waals surface area contributed by atoms with Crippen molar-refractivity contribution in [2.45, 2.75) is 32.4 Å². The second-order valence-electron chi connectivity index (χ2n) is 10.5. The molecule has 1 saturated heterocycles. The van der Waals surface area contributed by atoms with E-state index in [0.29, 0.717) is 19.4 Å². The number of rotatable bonds is 11. The van der Waals surface area contributed by atoms with Gasteiger partial charge in [-0.25, -0.2) is 0 Å². The standard InChI is InChI=1S/C34H37N3O2/c1-36-18-20-37(21-19-36)25-30-6-4-8-31(22-30)33-9-2-3-10-34(33)39-26-29-13-11-27(12-14-29)23-32(38)16-15-28-7-5-17-35-24-28/h2-14,17,22,24H,15-16,18-21,23,25-26H2,1H3. The number of hydrogen-bond acceptors (Lipinski definition) is 5. The van der Waals surface area contributed by atoms with Gasteiger partial charge in [-0.15, -0.1) is 0 Å². The molecule has 0 amide bonds. The van der Waals surface area contributed by atoms with Crippen LogP contribution in [0.15, 0.2) is 97.3 Å². The molecule has 0 bridgehead atoms. The van der Waals surface area contributed by atoms with E-state index in [9.17, 15) is 4.79 Å². The van der Waals surface area contributed by atoms with Gasteiger partial charge in [0.05, 0.1) is 0 Å². The van der Waals surface area contributed by atoms with Gasteiger partial charge in [-0.05, 0) is 59.5 Å². The van der Waals surface area contributed by atoms with E-state index < -0.39 is 0 Å². The lowest BCUT2D eigenvalue weighted by Gasteiger charge is -2.32. The third-order valence-electron chi connectivity index (χ3n) is 7.36. The third-order valence-corrected chi connectivity index (χ3v) is 7.36. The van der Waals surface area contributed by atoms with Crippen LogP contribution in [0.4, 0.5) is 0 Å². The number of benzene rings is 3. The van der Waals surface area contributed by atoms with Crippen LogP contribution in [0, 0.1) is 0 Å². The summed E-state index contributed by atoms with van der Waals surface area (Å²) in [6.45, 7) is 5.92. The number of likely N-dealkylation sites (N-methyl/N-ethyl adjacent to an activating group) is 1. The van der Waals surface area contributed by atoms with Crippen molar-refractivity contribution < 1.29 is 9.53 Å². The molecule has 1 aliphatic heterocycles. The molecule has 0 atom stereocenters. The van der Waals surface area contributed by atoms with Crippen molar-refractivity contribution in [2.75, 3.05) is 33.2 Å². The maximum atomic E-state index is 12.5. The van der Waals surface area contributed by atoms with Gasteiger partial charge >= 0.3 is 0 Å². The normalized spacial score (nSPS) is 14.3. The highest BCUT2D eigenvalue weighted by molar-refractivity contribution is 5.81. The van der Waals surface area contributed by atoms with Crippen molar-refractivity contribution in [1.29, 1.82) is 0 Å². The average Bonchev–Trinajstić information content (AvgIpc) is 2.98. The summed E-state index contributed by atoms with van der Waals surface area (Å²) in [5.41, 5.74) is 6.83. The number of ether oxygens (including phenoxy) is 1. The Morgan fingerprint density at radius 1 is 0.821 bits per heavy atom. The second-order valence-corrected chi connectivity index (χ2v) is 10.5. The lowest BCUT2D eigenvalue weighted by atomic mass is 10.0. The fourth-order valence-electron chi connectivity index (χ4n) is 4.99. The summed E-state index contributed by atoms with van der Waals surface area (Å²) >= 11 is 0. The van der Waals surface area contributed by atoms with Gasteiger partial charge in [-0.3, -0.25) is 14.7 Å². The lowest BCUT2D eigenvalue weighted by molar-refractivity contribution is -0.118. The first kappa shape index (κ1) is 26.8. The Balaban J connectivity index is 1.16. The van der Waals surface area contributed by atoms with E-state index in [1.807, 2.05) is 42.6 Å². The molecule has 200 valence electrons. The predicted octanol–water partition coefficient (Wildman–Crippen LogP) is 5.82. The molecule has 0 spiro atoms. The Kier molecular flexibility index (Phi) is 9.15. The number of carbonyl (C=O) groups is 1. The number of pyridine rings is 1. The topological polar surface area (TPSA) is 45.7 Å². The maximum Gasteiger partial charge on any atom is 0.137 e. The summed E-state index contributed by atoms with van der Waals surface area (Å²) < 4.78 is 6.30. The monoisotopic (exact) mass is 519 g/mol. The molecule has 1 aromatic heterocycles. The van der Waals surface area contributed by atoms with Crippen molar-refractivity contribution in [3.63, 3.8) is 0 Å². The zero-order chi connectivity index (χ0) is 26.9. The molecule has 5 rings (SSSR count). The van der Waals surface area contributed by atoms with Crippen LogP contribution in [-0.2, 0) is 30.8 Å². The number of Topliss-reactive ketones (excluding diaryl/α,β-unsaturated/α-hetero) is 1. The van der Waals surface area contributed by atoms with E-state index in [1.54, 1.807) is 6.20 Å². The highest BCUT2D eigenvalue weighted by Gasteiger charge is 2.15. The van der Waals surface area contributed by atoms with E-state index in [1.165, 1.54) is 11.1 Å². The zero-order valence-corrected chi connectivity index (χ0v) is 22.8. The third kappa shape index (κ3) is 7.85. The van der Waals surface area contributed by atoms with Gasteiger partial charge in [0, 0.05) is 63.5 Å². The van der Waals surface area contributed by atoms with Crippen LogP contribution in [0.25, 0.3) is 11.1 Å². The minimum absolute atomic E-state index is 0.242. The summed E-state index contributed by atoms with van der Waals surface area (Å²) in [5, 5.41) is 0. The van der Waals surface area contributed by atoms with Gasteiger partial charge in [0.1, 0.15) is 18.1 Å². The minimum atomic E-state index is 0.242. The fraction of sp³-hybridized carbons (Fsp3) is 0.294. The lowest BCUT2D eigenvalue weighted by Crippen LogP contribution is -2.43. The highest BCUT2D eigenvalue weighted by Crippen LogP contribution is 2.31. The molecule has 0 unspecified atom stereocenters. The number of aromatic nitrogens is 1. The Bertz CT molecular complexity index is 1350. The quantitative estimate of drug-likeness (QED) is 0.250. The number of ketones is 1.